The van der Waals surface area contributed by atoms with Crippen molar-refractivity contribution < 1.29 is 9.59 Å². The summed E-state index contributed by atoms with van der Waals surface area (Å²) in [5.74, 6) is 0.337. The van der Waals surface area contributed by atoms with Gasteiger partial charge >= 0.3 is 0 Å². The van der Waals surface area contributed by atoms with Crippen LogP contribution in [0.15, 0.2) is 54.6 Å². The molecular formula is C21H18N6O2. The molecule has 1 aromatic heterocycles. The van der Waals surface area contributed by atoms with Crippen LogP contribution in [0.5, 0.6) is 0 Å². The summed E-state index contributed by atoms with van der Waals surface area (Å²) < 4.78 is 0. The second kappa shape index (κ2) is 8.63. The molecule has 0 saturated heterocycles. The Morgan fingerprint density at radius 1 is 0.931 bits per heavy atom. The van der Waals surface area contributed by atoms with Crippen molar-refractivity contribution in [2.24, 2.45) is 0 Å². The zero-order valence-corrected chi connectivity index (χ0v) is 15.9. The summed E-state index contributed by atoms with van der Waals surface area (Å²) >= 11 is 0. The van der Waals surface area contributed by atoms with Crippen LogP contribution in [-0.2, 0) is 4.79 Å². The maximum absolute atomic E-state index is 12.6. The van der Waals surface area contributed by atoms with Crippen LogP contribution < -0.4 is 16.0 Å². The Hall–Kier alpha value is -4.25. The lowest BCUT2D eigenvalue weighted by Crippen LogP contribution is -2.15. The standard InChI is InChI=1S/C21H18N6O2/c1-13-23-19(21(29)27-18-5-3-4-15(10-18)12-22)11-20(24-13)26-17-8-6-16(7-9-17)25-14(2)28/h3-11H,1-2H3,(H,25,28)(H,27,29)(H,23,24,26). The largest absolute Gasteiger partial charge is 0.340 e. The molecule has 8 nitrogen and oxygen atoms in total. The molecule has 0 spiro atoms. The Morgan fingerprint density at radius 2 is 1.66 bits per heavy atom. The molecule has 8 heteroatoms. The molecule has 0 saturated carbocycles. The Balaban J connectivity index is 1.76. The highest BCUT2D eigenvalue weighted by atomic mass is 16.2. The molecule has 0 bridgehead atoms. The first kappa shape index (κ1) is 19.5. The number of carbonyl (C=O) groups is 2. The van der Waals surface area contributed by atoms with E-state index in [1.54, 1.807) is 55.5 Å². The Kier molecular flexibility index (Phi) is 5.80. The first-order chi connectivity index (χ1) is 13.9. The van der Waals surface area contributed by atoms with E-state index in [4.69, 9.17) is 5.26 Å². The number of aryl methyl sites for hydroxylation is 1. The average Bonchev–Trinajstić information content (AvgIpc) is 2.69. The van der Waals surface area contributed by atoms with Crippen molar-refractivity contribution in [1.29, 1.82) is 5.26 Å². The van der Waals surface area contributed by atoms with Crippen LogP contribution in [0.3, 0.4) is 0 Å². The molecular weight excluding hydrogens is 368 g/mol. The fraction of sp³-hybridized carbons (Fsp3) is 0.0952. The fourth-order valence-electron chi connectivity index (χ4n) is 2.60. The van der Waals surface area contributed by atoms with Crippen molar-refractivity contribution in [1.82, 2.24) is 9.97 Å². The zero-order chi connectivity index (χ0) is 20.8. The van der Waals surface area contributed by atoms with Gasteiger partial charge in [0.05, 0.1) is 11.6 Å². The highest BCUT2D eigenvalue weighted by Gasteiger charge is 2.12. The zero-order valence-electron chi connectivity index (χ0n) is 15.9. The smallest absolute Gasteiger partial charge is 0.274 e. The molecule has 0 radical (unpaired) electrons. The van der Waals surface area contributed by atoms with Crippen molar-refractivity contribution in [2.45, 2.75) is 13.8 Å². The molecule has 0 aliphatic heterocycles. The van der Waals surface area contributed by atoms with Crippen LogP contribution in [0, 0.1) is 18.3 Å². The number of nitrogens with one attached hydrogen (secondary N) is 3. The third-order valence-electron chi connectivity index (χ3n) is 3.80. The lowest BCUT2D eigenvalue weighted by Gasteiger charge is -2.10. The predicted octanol–water partition coefficient (Wildman–Crippen LogP) is 3.61. The highest BCUT2D eigenvalue weighted by Crippen LogP contribution is 2.19. The Bertz CT molecular complexity index is 1100. The van der Waals surface area contributed by atoms with Gasteiger partial charge in [-0.15, -0.1) is 0 Å². The molecule has 0 fully saturated rings. The number of aromatic nitrogens is 2. The summed E-state index contributed by atoms with van der Waals surface area (Å²) in [7, 11) is 0. The summed E-state index contributed by atoms with van der Waals surface area (Å²) in [6.07, 6.45) is 0. The number of nitriles is 1. The molecule has 3 N–H and O–H groups in total. The van der Waals surface area contributed by atoms with Gasteiger partial charge in [-0.05, 0) is 49.4 Å². The molecule has 2 amide bonds. The van der Waals surface area contributed by atoms with Gasteiger partial charge in [-0.2, -0.15) is 5.26 Å². The minimum atomic E-state index is -0.408. The first-order valence-electron chi connectivity index (χ1n) is 8.75. The summed E-state index contributed by atoms with van der Waals surface area (Å²) in [6.45, 7) is 3.14. The summed E-state index contributed by atoms with van der Waals surface area (Å²) in [4.78, 5) is 32.1. The lowest BCUT2D eigenvalue weighted by molar-refractivity contribution is -0.114. The van der Waals surface area contributed by atoms with Gasteiger partial charge in [-0.1, -0.05) is 6.07 Å². The molecule has 3 aromatic rings. The predicted molar refractivity (Wildman–Crippen MR) is 110 cm³/mol. The van der Waals surface area contributed by atoms with Gasteiger partial charge in [-0.25, -0.2) is 9.97 Å². The van der Waals surface area contributed by atoms with E-state index in [1.807, 2.05) is 6.07 Å². The molecule has 0 aliphatic carbocycles. The minimum absolute atomic E-state index is 0.145. The summed E-state index contributed by atoms with van der Waals surface area (Å²) in [5, 5.41) is 17.5. The number of carbonyl (C=O) groups excluding carboxylic acids is 2. The van der Waals surface area contributed by atoms with E-state index in [-0.39, 0.29) is 11.6 Å². The van der Waals surface area contributed by atoms with Gasteiger partial charge in [0.25, 0.3) is 5.91 Å². The van der Waals surface area contributed by atoms with Gasteiger partial charge in [0, 0.05) is 30.1 Å². The van der Waals surface area contributed by atoms with E-state index in [1.165, 1.54) is 13.0 Å². The normalized spacial score (nSPS) is 9.97. The molecule has 29 heavy (non-hydrogen) atoms. The van der Waals surface area contributed by atoms with Crippen molar-refractivity contribution in [2.75, 3.05) is 16.0 Å². The quantitative estimate of drug-likeness (QED) is 0.616. The van der Waals surface area contributed by atoms with Crippen LogP contribution in [0.4, 0.5) is 22.9 Å². The number of anilines is 4. The first-order valence-corrected chi connectivity index (χ1v) is 8.75. The second-order valence-electron chi connectivity index (χ2n) is 6.22. The van der Waals surface area contributed by atoms with Crippen molar-refractivity contribution in [3.63, 3.8) is 0 Å². The summed E-state index contributed by atoms with van der Waals surface area (Å²) in [6, 6.07) is 17.3. The molecule has 0 atom stereocenters. The van der Waals surface area contributed by atoms with Gasteiger partial charge in [0.1, 0.15) is 17.3 Å². The van der Waals surface area contributed by atoms with E-state index in [0.29, 0.717) is 28.6 Å². The molecule has 3 rings (SSSR count). The topological polar surface area (TPSA) is 120 Å². The highest BCUT2D eigenvalue weighted by molar-refractivity contribution is 6.03. The van der Waals surface area contributed by atoms with Gasteiger partial charge in [-0.3, -0.25) is 9.59 Å². The third-order valence-corrected chi connectivity index (χ3v) is 3.80. The van der Waals surface area contributed by atoms with E-state index in [0.717, 1.165) is 5.69 Å². The third kappa shape index (κ3) is 5.37. The number of rotatable bonds is 5. The van der Waals surface area contributed by atoms with E-state index >= 15 is 0 Å². The number of hydrogen-bond donors (Lipinski definition) is 3. The summed E-state index contributed by atoms with van der Waals surface area (Å²) in [5.41, 5.74) is 2.57. The monoisotopic (exact) mass is 386 g/mol. The van der Waals surface area contributed by atoms with E-state index in [9.17, 15) is 9.59 Å². The van der Waals surface area contributed by atoms with E-state index in [2.05, 4.69) is 25.9 Å². The average molecular weight is 386 g/mol. The Labute approximate surface area is 167 Å². The van der Waals surface area contributed by atoms with Crippen LogP contribution in [-0.4, -0.2) is 21.8 Å². The lowest BCUT2D eigenvalue weighted by atomic mass is 10.2. The minimum Gasteiger partial charge on any atom is -0.340 e. The number of amides is 2. The van der Waals surface area contributed by atoms with E-state index < -0.39 is 5.91 Å². The van der Waals surface area contributed by atoms with Gasteiger partial charge in [0.15, 0.2) is 0 Å². The fourth-order valence-corrected chi connectivity index (χ4v) is 2.60. The molecule has 2 aromatic carbocycles. The number of benzene rings is 2. The van der Waals surface area contributed by atoms with Crippen molar-refractivity contribution in [3.05, 3.63) is 71.7 Å². The number of nitrogens with zero attached hydrogens (tertiary/aromatic N) is 3. The van der Waals surface area contributed by atoms with Crippen LogP contribution >= 0.6 is 0 Å². The molecule has 0 aliphatic rings. The maximum Gasteiger partial charge on any atom is 0.274 e. The van der Waals surface area contributed by atoms with Crippen molar-refractivity contribution in [3.8, 4) is 6.07 Å². The number of hydrogen-bond acceptors (Lipinski definition) is 6. The molecule has 1 heterocycles. The molecule has 144 valence electrons. The SMILES string of the molecule is CC(=O)Nc1ccc(Nc2cc(C(=O)Nc3cccc(C#N)c3)nc(C)n2)cc1. The van der Waals surface area contributed by atoms with Crippen LogP contribution in [0.2, 0.25) is 0 Å². The molecule has 0 unspecified atom stereocenters. The van der Waals surface area contributed by atoms with Crippen molar-refractivity contribution >= 4 is 34.7 Å². The van der Waals surface area contributed by atoms with Crippen LogP contribution in [0.1, 0.15) is 28.8 Å². The van der Waals surface area contributed by atoms with Gasteiger partial charge < -0.3 is 16.0 Å². The second-order valence-corrected chi connectivity index (χ2v) is 6.22. The maximum atomic E-state index is 12.6. The van der Waals surface area contributed by atoms with Crippen LogP contribution in [0.25, 0.3) is 0 Å². The van der Waals surface area contributed by atoms with Gasteiger partial charge in [0.2, 0.25) is 5.91 Å². The Morgan fingerprint density at radius 3 is 2.34 bits per heavy atom.